The Bertz CT molecular complexity index is 1330. The summed E-state index contributed by atoms with van der Waals surface area (Å²) in [5.41, 5.74) is -10.5. The van der Waals surface area contributed by atoms with E-state index < -0.39 is 122 Å². The molecule has 1 aromatic carbocycles. The highest BCUT2D eigenvalue weighted by atomic mass is 16.6. The van der Waals surface area contributed by atoms with Gasteiger partial charge in [-0.3, -0.25) is 9.59 Å². The normalized spacial score (nSPS) is 35.0. The molecular weight excluding hydrogens is 668 g/mol. The summed E-state index contributed by atoms with van der Waals surface area (Å²) in [6.45, 7) is -5.49. The molecule has 2 heterocycles. The van der Waals surface area contributed by atoms with Gasteiger partial charge in [-0.15, -0.1) is 0 Å². The fourth-order valence-electron chi connectivity index (χ4n) is 6.01. The van der Waals surface area contributed by atoms with Crippen molar-refractivity contribution in [1.29, 1.82) is 0 Å². The number of carbonyl (C=O) groups excluding carboxylic acids is 2. The average Bonchev–Trinajstić information content (AvgIpc) is 3.34. The van der Waals surface area contributed by atoms with E-state index in [1.54, 1.807) is 0 Å². The molecule has 1 aromatic rings. The second-order valence-electron chi connectivity index (χ2n) is 11.6. The number of benzene rings is 1. The first-order chi connectivity index (χ1) is 22.9. The van der Waals surface area contributed by atoms with Gasteiger partial charge in [-0.05, 0) is 23.8 Å². The number of rotatable bonds is 15. The minimum Gasteiger partial charge on any atom is -0.502 e. The van der Waals surface area contributed by atoms with E-state index in [0.717, 1.165) is 6.08 Å². The number of aliphatic hydroxyl groups excluding tert-OH is 11. The van der Waals surface area contributed by atoms with Crippen molar-refractivity contribution in [2.24, 2.45) is 0 Å². The predicted molar refractivity (Wildman–Crippen MR) is 157 cm³/mol. The first kappa shape index (κ1) is 40.5. The van der Waals surface area contributed by atoms with Crippen molar-refractivity contribution in [3.05, 3.63) is 23.8 Å². The van der Waals surface area contributed by atoms with Crippen LogP contribution in [0.5, 0.6) is 17.2 Å². The number of Topliss-reactive ketones (excluding diaryl/α,β-unsaturated/α-hetero) is 1. The molecule has 0 bridgehead atoms. The number of phenolic OH excluding ortho intramolecular Hbond substituents is 1. The van der Waals surface area contributed by atoms with Crippen LogP contribution in [0.1, 0.15) is 5.56 Å². The summed E-state index contributed by atoms with van der Waals surface area (Å²) >= 11 is 0. The van der Waals surface area contributed by atoms with Crippen LogP contribution < -0.4 is 9.47 Å². The summed E-state index contributed by atoms with van der Waals surface area (Å²) in [6.07, 6.45) is -22.9. The Morgan fingerprint density at radius 3 is 1.96 bits per heavy atom. The van der Waals surface area contributed by atoms with Crippen LogP contribution in [0.3, 0.4) is 0 Å². The predicted octanol–water partition coefficient (Wildman–Crippen LogP) is -7.58. The van der Waals surface area contributed by atoms with Gasteiger partial charge in [-0.25, -0.2) is 0 Å². The number of phenols is 1. The van der Waals surface area contributed by atoms with Gasteiger partial charge in [0.15, 0.2) is 28.5 Å². The van der Waals surface area contributed by atoms with Gasteiger partial charge in [0.25, 0.3) is 0 Å². The molecule has 2 fully saturated rings. The van der Waals surface area contributed by atoms with Gasteiger partial charge in [0, 0.05) is 0 Å². The first-order valence-corrected chi connectivity index (χ1v) is 14.6. The third-order valence-electron chi connectivity index (χ3n) is 8.95. The molecule has 20 heteroatoms. The van der Waals surface area contributed by atoms with Crippen LogP contribution in [-0.2, 0) is 19.1 Å². The number of methoxy groups -OCH3 is 2. The van der Waals surface area contributed by atoms with E-state index in [0.29, 0.717) is 6.08 Å². The summed E-state index contributed by atoms with van der Waals surface area (Å²) < 4.78 is 20.5. The fourth-order valence-corrected chi connectivity index (χ4v) is 6.01. The summed E-state index contributed by atoms with van der Waals surface area (Å²) in [6, 6.07) is 2.42. The highest BCUT2D eigenvalue weighted by molar-refractivity contribution is 6.08. The molecule has 278 valence electrons. The maximum absolute atomic E-state index is 13.9. The van der Waals surface area contributed by atoms with E-state index in [4.69, 9.17) is 18.9 Å². The number of ether oxygens (including phenoxy) is 4. The van der Waals surface area contributed by atoms with Crippen LogP contribution in [0.15, 0.2) is 18.2 Å². The molecule has 0 amide bonds. The van der Waals surface area contributed by atoms with Crippen LogP contribution in [0.4, 0.5) is 0 Å². The minimum absolute atomic E-state index is 0.0783. The van der Waals surface area contributed by atoms with Gasteiger partial charge >= 0.3 is 0 Å². The molecule has 3 rings (SSSR count). The van der Waals surface area contributed by atoms with Crippen LogP contribution in [0, 0.1) is 0 Å². The highest BCUT2D eigenvalue weighted by Crippen LogP contribution is 2.44. The molecule has 0 aliphatic carbocycles. The van der Waals surface area contributed by atoms with E-state index in [2.05, 4.69) is 0 Å². The molecule has 2 aliphatic heterocycles. The molecule has 20 nitrogen and oxygen atoms in total. The monoisotopic (exact) mass is 710 g/mol. The quantitative estimate of drug-likeness (QED) is 0.0751. The van der Waals surface area contributed by atoms with Gasteiger partial charge in [0.2, 0.25) is 11.5 Å². The standard InChI is InChI=1S/C29H42O20/c1-46-12-5-11(6-13(47-2)18(12)36)3-4-16(34)29(45)23(41)15(8-31)49-27(29,10-33)24(42)22(40)25(43)28(44,17(35)9-32)26-21(39)20(38)19(37)14(7-30)48-26/h3-6,14-15,17,19-23,25-26,30-33,35-41,43-45H,7-10H2,1-2H3/t14-,15-,17-,19-,20+,21-,22+,23-,25-,26?,27?,28-,29-/m1/s1. The molecule has 0 radical (unpaired) electrons. The molecule has 0 spiro atoms. The third-order valence-corrected chi connectivity index (χ3v) is 8.95. The second kappa shape index (κ2) is 15.6. The zero-order valence-corrected chi connectivity index (χ0v) is 26.1. The SMILES string of the molecule is COc1cc(C=CC(=O)[C@@]2(O)[C@H](O)[C@@H](CO)OC2(CO)C(=O)[C@H](O)[C@@H](O)[C@@](O)(C2O[C@H](CO)[C@@H](O)[C@H](O)[C@H]2O)[C@H](O)CO)cc(OC)c1O. The molecule has 49 heavy (non-hydrogen) atoms. The van der Waals surface area contributed by atoms with Crippen LogP contribution >= 0.6 is 0 Å². The minimum atomic E-state index is -3.58. The number of aliphatic hydroxyl groups is 13. The molecule has 0 saturated carbocycles. The topological polar surface area (TPSA) is 354 Å². The van der Waals surface area contributed by atoms with Gasteiger partial charge in [0.1, 0.15) is 66.6 Å². The van der Waals surface area contributed by atoms with E-state index >= 15 is 0 Å². The number of aromatic hydroxyl groups is 1. The van der Waals surface area contributed by atoms with Crippen molar-refractivity contribution in [2.45, 2.75) is 77.8 Å². The summed E-state index contributed by atoms with van der Waals surface area (Å²) in [5, 5.41) is 147. The first-order valence-electron chi connectivity index (χ1n) is 14.6. The third kappa shape index (κ3) is 6.55. The van der Waals surface area contributed by atoms with Gasteiger partial charge in [-0.2, -0.15) is 0 Å². The lowest BCUT2D eigenvalue weighted by Gasteiger charge is -2.50. The Hall–Kier alpha value is -2.90. The summed E-state index contributed by atoms with van der Waals surface area (Å²) in [4.78, 5) is 27.5. The van der Waals surface area contributed by atoms with Crippen LogP contribution in [0.2, 0.25) is 0 Å². The van der Waals surface area contributed by atoms with Gasteiger partial charge < -0.3 is 90.4 Å². The highest BCUT2D eigenvalue weighted by Gasteiger charge is 2.73. The number of hydrogen-bond acceptors (Lipinski definition) is 20. The van der Waals surface area contributed by atoms with Crippen molar-refractivity contribution in [3.8, 4) is 17.2 Å². The van der Waals surface area contributed by atoms with E-state index in [1.807, 2.05) is 0 Å². The summed E-state index contributed by atoms with van der Waals surface area (Å²) in [5.74, 6) is -4.30. The van der Waals surface area contributed by atoms with Crippen LogP contribution in [0.25, 0.3) is 6.08 Å². The van der Waals surface area contributed by atoms with E-state index in [9.17, 15) is 81.1 Å². The Kier molecular flexibility index (Phi) is 12.9. The van der Waals surface area contributed by atoms with Crippen molar-refractivity contribution in [1.82, 2.24) is 0 Å². The van der Waals surface area contributed by atoms with Crippen molar-refractivity contribution in [2.75, 3.05) is 40.6 Å². The zero-order chi connectivity index (χ0) is 37.2. The van der Waals surface area contributed by atoms with Crippen LogP contribution in [-0.4, -0.2) is 202 Å². The average molecular weight is 711 g/mol. The fraction of sp³-hybridized carbons (Fsp3) is 0.655. The molecule has 2 unspecified atom stereocenters. The number of ketones is 2. The molecule has 14 N–H and O–H groups in total. The lowest BCUT2D eigenvalue weighted by molar-refractivity contribution is -0.310. The molecule has 2 saturated heterocycles. The Morgan fingerprint density at radius 2 is 1.49 bits per heavy atom. The largest absolute Gasteiger partial charge is 0.502 e. The maximum Gasteiger partial charge on any atom is 0.201 e. The molecule has 2 aliphatic rings. The summed E-state index contributed by atoms with van der Waals surface area (Å²) in [7, 11) is 2.41. The smallest absolute Gasteiger partial charge is 0.201 e. The molecule has 0 aromatic heterocycles. The van der Waals surface area contributed by atoms with Crippen molar-refractivity contribution in [3.63, 3.8) is 0 Å². The van der Waals surface area contributed by atoms with E-state index in [1.165, 1.54) is 26.4 Å². The lowest BCUT2D eigenvalue weighted by atomic mass is 9.70. The van der Waals surface area contributed by atoms with Crippen molar-refractivity contribution >= 4 is 17.6 Å². The molecular formula is C29H42O20. The number of carbonyl (C=O) groups is 2. The van der Waals surface area contributed by atoms with Gasteiger partial charge in [0.05, 0.1) is 40.6 Å². The molecule has 13 atom stereocenters. The van der Waals surface area contributed by atoms with Gasteiger partial charge in [-0.1, -0.05) is 6.08 Å². The maximum atomic E-state index is 13.9. The zero-order valence-electron chi connectivity index (χ0n) is 26.1. The Balaban J connectivity index is 2.10. The number of hydrogen-bond donors (Lipinski definition) is 14. The lowest BCUT2D eigenvalue weighted by Crippen LogP contribution is -2.75. The van der Waals surface area contributed by atoms with Crippen molar-refractivity contribution < 1.29 is 100 Å². The second-order valence-corrected chi connectivity index (χ2v) is 11.6. The Morgan fingerprint density at radius 1 is 0.939 bits per heavy atom. The Labute approximate surface area is 277 Å². The van der Waals surface area contributed by atoms with E-state index in [-0.39, 0.29) is 17.1 Å².